The van der Waals surface area contributed by atoms with Crippen LogP contribution in [0.5, 0.6) is 0 Å². The summed E-state index contributed by atoms with van der Waals surface area (Å²) in [6, 6.07) is 4.44. The van der Waals surface area contributed by atoms with Gasteiger partial charge in [0.2, 0.25) is 0 Å². The molecule has 130 valence electrons. The summed E-state index contributed by atoms with van der Waals surface area (Å²) < 4.78 is 25.0. The Morgan fingerprint density at radius 2 is 1.78 bits per heavy atom. The van der Waals surface area contributed by atoms with E-state index in [1.54, 1.807) is 45.2 Å². The number of carbonyl (C=O) groups excluding carboxylic acids is 1. The zero-order valence-corrected chi connectivity index (χ0v) is 15.7. The second-order valence-electron chi connectivity index (χ2n) is 7.94. The molecule has 1 unspecified atom stereocenters. The molecule has 0 fully saturated rings. The van der Waals surface area contributed by atoms with E-state index >= 15 is 0 Å². The molecular formula is C17H28N2O3S. The minimum atomic E-state index is -3.46. The smallest absolute Gasteiger partial charge is 0.157 e. The van der Waals surface area contributed by atoms with Crippen LogP contribution < -0.4 is 5.32 Å². The van der Waals surface area contributed by atoms with E-state index in [1.807, 2.05) is 20.8 Å². The summed E-state index contributed by atoms with van der Waals surface area (Å²) in [7, 11) is -3.46. The normalized spacial score (nSPS) is 14.5. The van der Waals surface area contributed by atoms with Gasteiger partial charge in [-0.15, -0.1) is 0 Å². The Bertz CT molecular complexity index is 626. The Hall–Kier alpha value is -1.27. The van der Waals surface area contributed by atoms with Crippen LogP contribution in [0.1, 0.15) is 47.2 Å². The highest BCUT2D eigenvalue weighted by Crippen LogP contribution is 2.20. The van der Waals surface area contributed by atoms with Gasteiger partial charge < -0.3 is 5.32 Å². The Balaban J connectivity index is 2.97. The third kappa shape index (κ3) is 7.22. The molecule has 1 aromatic heterocycles. The van der Waals surface area contributed by atoms with Crippen molar-refractivity contribution in [3.05, 3.63) is 30.1 Å². The molecule has 0 spiro atoms. The van der Waals surface area contributed by atoms with Gasteiger partial charge in [-0.25, -0.2) is 8.42 Å². The minimum Gasteiger partial charge on any atom is -0.302 e. The maximum Gasteiger partial charge on any atom is 0.157 e. The number of rotatable bonds is 6. The number of ketones is 1. The lowest BCUT2D eigenvalue weighted by atomic mass is 9.86. The number of pyridine rings is 1. The van der Waals surface area contributed by atoms with Gasteiger partial charge in [0.15, 0.2) is 15.6 Å². The van der Waals surface area contributed by atoms with Crippen LogP contribution in [0.2, 0.25) is 0 Å². The first kappa shape index (κ1) is 19.8. The zero-order chi connectivity index (χ0) is 17.9. The summed E-state index contributed by atoms with van der Waals surface area (Å²) in [5, 5.41) is 3.16. The second-order valence-corrected chi connectivity index (χ2v) is 10.0. The molecule has 0 saturated heterocycles. The highest BCUT2D eigenvalue weighted by Gasteiger charge is 2.35. The van der Waals surface area contributed by atoms with Crippen LogP contribution in [-0.4, -0.2) is 36.5 Å². The standard InChI is InChI=1S/C17H28N2O3S/c1-16(2,3)15(20)14(19-17(4,5)6)12-23(21,22)11-13-9-7-8-10-18-13/h7-10,14,19H,11-12H2,1-6H3. The molecule has 1 rings (SSSR count). The van der Waals surface area contributed by atoms with Crippen LogP contribution in [0.3, 0.4) is 0 Å². The van der Waals surface area contributed by atoms with E-state index in [4.69, 9.17) is 0 Å². The van der Waals surface area contributed by atoms with Gasteiger partial charge in [-0.2, -0.15) is 0 Å². The quantitative estimate of drug-likeness (QED) is 0.860. The molecular weight excluding hydrogens is 312 g/mol. The second kappa shape index (κ2) is 7.09. The Labute approximate surface area is 139 Å². The fourth-order valence-corrected chi connectivity index (χ4v) is 3.73. The van der Waals surface area contributed by atoms with E-state index in [0.29, 0.717) is 5.69 Å². The molecule has 1 heterocycles. The molecule has 6 heteroatoms. The molecule has 0 saturated carbocycles. The van der Waals surface area contributed by atoms with Crippen LogP contribution in [0.15, 0.2) is 24.4 Å². The van der Waals surface area contributed by atoms with Gasteiger partial charge >= 0.3 is 0 Å². The van der Waals surface area contributed by atoms with Crippen molar-refractivity contribution in [2.24, 2.45) is 5.41 Å². The minimum absolute atomic E-state index is 0.1000. The molecule has 0 amide bonds. The van der Waals surface area contributed by atoms with Crippen molar-refractivity contribution in [2.45, 2.75) is 58.9 Å². The van der Waals surface area contributed by atoms with Crippen LogP contribution in [0, 0.1) is 5.41 Å². The van der Waals surface area contributed by atoms with Gasteiger partial charge in [0.05, 0.1) is 23.2 Å². The van der Waals surface area contributed by atoms with Gasteiger partial charge in [-0.1, -0.05) is 26.8 Å². The van der Waals surface area contributed by atoms with Gasteiger partial charge in [0.1, 0.15) is 0 Å². The van der Waals surface area contributed by atoms with E-state index in [2.05, 4.69) is 10.3 Å². The van der Waals surface area contributed by atoms with Crippen molar-refractivity contribution < 1.29 is 13.2 Å². The maximum atomic E-state index is 12.6. The summed E-state index contributed by atoms with van der Waals surface area (Å²) >= 11 is 0. The fourth-order valence-electron chi connectivity index (χ4n) is 2.25. The highest BCUT2D eigenvalue weighted by molar-refractivity contribution is 7.90. The zero-order valence-electron chi connectivity index (χ0n) is 14.9. The number of nitrogens with zero attached hydrogens (tertiary/aromatic N) is 1. The van der Waals surface area contributed by atoms with E-state index < -0.39 is 21.3 Å². The molecule has 5 nitrogen and oxygen atoms in total. The summed E-state index contributed by atoms with van der Waals surface area (Å²) in [5.74, 6) is -0.484. The average molecular weight is 340 g/mol. The van der Waals surface area contributed by atoms with Crippen LogP contribution in [0.25, 0.3) is 0 Å². The van der Waals surface area contributed by atoms with Crippen molar-refractivity contribution in [3.63, 3.8) is 0 Å². The summed E-state index contributed by atoms with van der Waals surface area (Å²) in [5.41, 5.74) is -0.472. The number of hydrogen-bond donors (Lipinski definition) is 1. The number of hydrogen-bond acceptors (Lipinski definition) is 5. The van der Waals surface area contributed by atoms with Gasteiger partial charge in [-0.3, -0.25) is 9.78 Å². The van der Waals surface area contributed by atoms with Gasteiger partial charge in [0.25, 0.3) is 0 Å². The number of sulfone groups is 1. The number of aromatic nitrogens is 1. The van der Waals surface area contributed by atoms with Crippen LogP contribution in [0.4, 0.5) is 0 Å². The first-order valence-corrected chi connectivity index (χ1v) is 9.55. The van der Waals surface area contributed by atoms with Gasteiger partial charge in [-0.05, 0) is 32.9 Å². The molecule has 0 bridgehead atoms. The summed E-state index contributed by atoms with van der Waals surface area (Å²) in [6.45, 7) is 11.2. The average Bonchev–Trinajstić information content (AvgIpc) is 2.34. The lowest BCUT2D eigenvalue weighted by Gasteiger charge is -2.31. The predicted octanol–water partition coefficient (Wildman–Crippen LogP) is 2.37. The fraction of sp³-hybridized carbons (Fsp3) is 0.647. The third-order valence-corrected chi connectivity index (χ3v) is 4.75. The molecule has 0 aliphatic carbocycles. The van der Waals surface area contributed by atoms with Crippen molar-refractivity contribution in [3.8, 4) is 0 Å². The number of nitrogens with one attached hydrogen (secondary N) is 1. The summed E-state index contributed by atoms with van der Waals surface area (Å²) in [4.78, 5) is 16.7. The number of Topliss-reactive ketones (excluding diaryl/α,β-unsaturated/α-hetero) is 1. The molecule has 1 aromatic rings. The first-order valence-electron chi connectivity index (χ1n) is 7.72. The Morgan fingerprint density at radius 3 is 2.22 bits per heavy atom. The molecule has 0 aliphatic heterocycles. The predicted molar refractivity (Wildman–Crippen MR) is 92.9 cm³/mol. The lowest BCUT2D eigenvalue weighted by molar-refractivity contribution is -0.128. The van der Waals surface area contributed by atoms with E-state index in [-0.39, 0.29) is 22.8 Å². The Morgan fingerprint density at radius 1 is 1.17 bits per heavy atom. The van der Waals surface area contributed by atoms with Crippen molar-refractivity contribution in [1.82, 2.24) is 10.3 Å². The summed E-state index contributed by atoms with van der Waals surface area (Å²) in [6.07, 6.45) is 1.57. The van der Waals surface area contributed by atoms with Crippen LogP contribution in [-0.2, 0) is 20.4 Å². The third-order valence-electron chi connectivity index (χ3n) is 3.18. The topological polar surface area (TPSA) is 76.1 Å². The van der Waals surface area contributed by atoms with E-state index in [0.717, 1.165) is 0 Å². The van der Waals surface area contributed by atoms with E-state index in [1.165, 1.54) is 0 Å². The molecule has 0 radical (unpaired) electrons. The van der Waals surface area contributed by atoms with Gasteiger partial charge in [0, 0.05) is 17.2 Å². The molecule has 0 aliphatic rings. The van der Waals surface area contributed by atoms with Crippen molar-refractivity contribution >= 4 is 15.6 Å². The van der Waals surface area contributed by atoms with Crippen molar-refractivity contribution in [1.29, 1.82) is 0 Å². The molecule has 0 aromatic carbocycles. The van der Waals surface area contributed by atoms with Crippen LogP contribution >= 0.6 is 0 Å². The SMILES string of the molecule is CC(C)(C)NC(CS(=O)(=O)Cc1ccccn1)C(=O)C(C)(C)C. The maximum absolute atomic E-state index is 12.6. The van der Waals surface area contributed by atoms with E-state index in [9.17, 15) is 13.2 Å². The largest absolute Gasteiger partial charge is 0.302 e. The Kier molecular flexibility index (Phi) is 6.10. The van der Waals surface area contributed by atoms with Crippen molar-refractivity contribution in [2.75, 3.05) is 5.75 Å². The molecule has 1 N–H and O–H groups in total. The lowest BCUT2D eigenvalue weighted by Crippen LogP contribution is -2.53. The highest BCUT2D eigenvalue weighted by atomic mass is 32.2. The monoisotopic (exact) mass is 340 g/mol. The molecule has 23 heavy (non-hydrogen) atoms. The first-order chi connectivity index (χ1) is 10.3. The molecule has 1 atom stereocenters. The number of carbonyl (C=O) groups is 1.